The van der Waals surface area contributed by atoms with Gasteiger partial charge in [-0.1, -0.05) is 19.4 Å². The van der Waals surface area contributed by atoms with Crippen LogP contribution in [0.1, 0.15) is 32.3 Å². The lowest BCUT2D eigenvalue weighted by Crippen LogP contribution is -2.29. The number of carbonyl (C=O) groups excluding carboxylic acids is 2. The van der Waals surface area contributed by atoms with Crippen molar-refractivity contribution >= 4 is 17.7 Å². The van der Waals surface area contributed by atoms with Crippen LogP contribution in [-0.4, -0.2) is 31.9 Å². The first-order valence-corrected chi connectivity index (χ1v) is 7.26. The van der Waals surface area contributed by atoms with Crippen molar-refractivity contribution in [2.75, 3.05) is 19.0 Å². The van der Waals surface area contributed by atoms with Crippen LogP contribution in [0.2, 0.25) is 0 Å². The Bertz CT molecular complexity index is 515. The minimum atomic E-state index is -0.965. The molecule has 1 aromatic carbocycles. The van der Waals surface area contributed by atoms with E-state index in [1.54, 1.807) is 12.1 Å². The maximum Gasteiger partial charge on any atom is 0.412 e. The van der Waals surface area contributed by atoms with Gasteiger partial charge in [-0.3, -0.25) is 5.32 Å². The van der Waals surface area contributed by atoms with E-state index < -0.39 is 18.2 Å². The van der Waals surface area contributed by atoms with E-state index in [4.69, 9.17) is 14.2 Å². The summed E-state index contributed by atoms with van der Waals surface area (Å²) in [6, 6.07) is 5.36. The molecule has 1 N–H and O–H groups in total. The molecule has 0 saturated heterocycles. The third-order valence-corrected chi connectivity index (χ3v) is 2.95. The molecular weight excluding hydrogens is 286 g/mol. The van der Waals surface area contributed by atoms with E-state index in [1.165, 1.54) is 14.0 Å². The van der Waals surface area contributed by atoms with Crippen molar-refractivity contribution in [3.05, 3.63) is 23.8 Å². The van der Waals surface area contributed by atoms with E-state index in [9.17, 15) is 9.59 Å². The molecule has 0 bridgehead atoms. The highest BCUT2D eigenvalue weighted by atomic mass is 16.6. The summed E-state index contributed by atoms with van der Waals surface area (Å²) < 4.78 is 15.2. The minimum Gasteiger partial charge on any atom is -0.495 e. The van der Waals surface area contributed by atoms with E-state index in [2.05, 4.69) is 5.32 Å². The third-order valence-electron chi connectivity index (χ3n) is 2.95. The largest absolute Gasteiger partial charge is 0.495 e. The Balaban J connectivity index is 2.55. The number of hydrogen-bond donors (Lipinski definition) is 1. The molecule has 0 aliphatic heterocycles. The van der Waals surface area contributed by atoms with E-state index in [1.807, 2.05) is 19.9 Å². The zero-order valence-corrected chi connectivity index (χ0v) is 13.5. The van der Waals surface area contributed by atoms with Gasteiger partial charge in [-0.2, -0.15) is 0 Å². The number of carbonyl (C=O) groups is 2. The van der Waals surface area contributed by atoms with Crippen LogP contribution in [0, 0.1) is 6.92 Å². The molecule has 6 nitrogen and oxygen atoms in total. The van der Waals surface area contributed by atoms with Gasteiger partial charge in [0.25, 0.3) is 0 Å². The second-order valence-electron chi connectivity index (χ2n) is 4.90. The molecule has 0 radical (unpaired) electrons. The van der Waals surface area contributed by atoms with Gasteiger partial charge in [0.2, 0.25) is 0 Å². The Morgan fingerprint density at radius 3 is 2.68 bits per heavy atom. The highest BCUT2D eigenvalue weighted by Gasteiger charge is 2.20. The number of hydrogen-bond acceptors (Lipinski definition) is 5. The van der Waals surface area contributed by atoms with Gasteiger partial charge in [-0.25, -0.2) is 9.59 Å². The summed E-state index contributed by atoms with van der Waals surface area (Å²) in [5.41, 5.74) is 1.45. The Hall–Kier alpha value is -2.24. The quantitative estimate of drug-likeness (QED) is 0.618. The summed E-state index contributed by atoms with van der Waals surface area (Å²) in [5.74, 6) is -0.0412. The molecule has 1 aromatic rings. The third kappa shape index (κ3) is 5.63. The van der Waals surface area contributed by atoms with E-state index >= 15 is 0 Å². The Labute approximate surface area is 130 Å². The molecule has 0 aliphatic rings. The van der Waals surface area contributed by atoms with Crippen molar-refractivity contribution in [2.45, 2.75) is 39.7 Å². The van der Waals surface area contributed by atoms with E-state index in [-0.39, 0.29) is 0 Å². The Morgan fingerprint density at radius 1 is 1.32 bits per heavy atom. The standard InChI is InChI=1S/C16H23NO5/c1-5-6-9-21-15(18)12(3)22-16(19)17-13-10-11(2)7-8-14(13)20-4/h7-8,10,12H,5-6,9H2,1-4H3,(H,17,19). The highest BCUT2D eigenvalue weighted by molar-refractivity contribution is 5.89. The number of amides is 1. The Kier molecular flexibility index (Phi) is 7.22. The molecule has 22 heavy (non-hydrogen) atoms. The highest BCUT2D eigenvalue weighted by Crippen LogP contribution is 2.25. The van der Waals surface area contributed by atoms with Crippen LogP contribution in [0.3, 0.4) is 0 Å². The molecule has 0 aliphatic carbocycles. The topological polar surface area (TPSA) is 73.9 Å². The average Bonchev–Trinajstić information content (AvgIpc) is 2.47. The van der Waals surface area contributed by atoms with Crippen LogP contribution in [0.25, 0.3) is 0 Å². The molecule has 1 atom stereocenters. The summed E-state index contributed by atoms with van der Waals surface area (Å²) in [4.78, 5) is 23.5. The number of methoxy groups -OCH3 is 1. The summed E-state index contributed by atoms with van der Waals surface area (Å²) in [5, 5.41) is 2.56. The molecule has 0 spiro atoms. The number of ether oxygens (including phenoxy) is 3. The summed E-state index contributed by atoms with van der Waals surface area (Å²) in [7, 11) is 1.51. The van der Waals surface area contributed by atoms with Gasteiger partial charge in [0, 0.05) is 0 Å². The average molecular weight is 309 g/mol. The smallest absolute Gasteiger partial charge is 0.412 e. The number of unbranched alkanes of at least 4 members (excludes halogenated alkanes) is 1. The maximum absolute atomic E-state index is 11.8. The first kappa shape index (κ1) is 17.8. The van der Waals surface area contributed by atoms with Crippen molar-refractivity contribution in [3.63, 3.8) is 0 Å². The normalized spacial score (nSPS) is 11.5. The van der Waals surface area contributed by atoms with E-state index in [0.717, 1.165) is 18.4 Å². The molecule has 1 rings (SSSR count). The van der Waals surface area contributed by atoms with Crippen molar-refractivity contribution in [1.29, 1.82) is 0 Å². The van der Waals surface area contributed by atoms with Gasteiger partial charge in [-0.15, -0.1) is 0 Å². The van der Waals surface area contributed by atoms with Crippen molar-refractivity contribution in [2.24, 2.45) is 0 Å². The molecule has 0 heterocycles. The second-order valence-corrected chi connectivity index (χ2v) is 4.90. The van der Waals surface area contributed by atoms with Gasteiger partial charge in [0.15, 0.2) is 6.10 Å². The fraction of sp³-hybridized carbons (Fsp3) is 0.500. The summed E-state index contributed by atoms with van der Waals surface area (Å²) in [6.45, 7) is 5.69. The fourth-order valence-corrected chi connectivity index (χ4v) is 1.70. The van der Waals surface area contributed by atoms with Crippen molar-refractivity contribution in [1.82, 2.24) is 0 Å². The molecule has 0 aromatic heterocycles. The number of nitrogens with one attached hydrogen (secondary N) is 1. The zero-order valence-electron chi connectivity index (χ0n) is 13.5. The van der Waals surface area contributed by atoms with E-state index in [0.29, 0.717) is 18.0 Å². The molecular formula is C16H23NO5. The number of anilines is 1. The SMILES string of the molecule is CCCCOC(=O)C(C)OC(=O)Nc1cc(C)ccc1OC. The van der Waals surface area contributed by atoms with Gasteiger partial charge in [0.05, 0.1) is 19.4 Å². The van der Waals surface area contributed by atoms with Gasteiger partial charge >= 0.3 is 12.1 Å². The molecule has 6 heteroatoms. The minimum absolute atomic E-state index is 0.330. The summed E-state index contributed by atoms with van der Waals surface area (Å²) in [6.07, 6.45) is 0.0119. The molecule has 1 unspecified atom stereocenters. The lowest BCUT2D eigenvalue weighted by atomic mass is 10.2. The zero-order chi connectivity index (χ0) is 16.5. The number of aryl methyl sites for hydroxylation is 1. The maximum atomic E-state index is 11.8. The predicted octanol–water partition coefficient (Wildman–Crippen LogP) is 3.28. The molecule has 122 valence electrons. The van der Waals surface area contributed by atoms with Crippen LogP contribution >= 0.6 is 0 Å². The predicted molar refractivity (Wildman–Crippen MR) is 83.2 cm³/mol. The first-order chi connectivity index (χ1) is 10.5. The van der Waals surface area contributed by atoms with Crippen LogP contribution in [0.15, 0.2) is 18.2 Å². The Morgan fingerprint density at radius 2 is 2.05 bits per heavy atom. The van der Waals surface area contributed by atoms with Crippen LogP contribution in [-0.2, 0) is 14.3 Å². The lowest BCUT2D eigenvalue weighted by molar-refractivity contribution is -0.152. The van der Waals surface area contributed by atoms with Crippen LogP contribution in [0.4, 0.5) is 10.5 Å². The number of rotatable bonds is 7. The van der Waals surface area contributed by atoms with Gasteiger partial charge in [0.1, 0.15) is 5.75 Å². The van der Waals surface area contributed by atoms with Crippen LogP contribution in [0.5, 0.6) is 5.75 Å². The second kappa shape index (κ2) is 8.92. The molecule has 0 saturated carbocycles. The first-order valence-electron chi connectivity index (χ1n) is 7.26. The summed E-state index contributed by atoms with van der Waals surface area (Å²) >= 11 is 0. The molecule has 0 fully saturated rings. The van der Waals surface area contributed by atoms with Crippen molar-refractivity contribution < 1.29 is 23.8 Å². The number of esters is 1. The number of benzene rings is 1. The lowest BCUT2D eigenvalue weighted by Gasteiger charge is -2.15. The molecule has 1 amide bonds. The van der Waals surface area contributed by atoms with Gasteiger partial charge in [-0.05, 0) is 38.0 Å². The monoisotopic (exact) mass is 309 g/mol. The van der Waals surface area contributed by atoms with Gasteiger partial charge < -0.3 is 14.2 Å². The van der Waals surface area contributed by atoms with Crippen molar-refractivity contribution in [3.8, 4) is 5.75 Å². The van der Waals surface area contributed by atoms with Crippen LogP contribution < -0.4 is 10.1 Å². The fourth-order valence-electron chi connectivity index (χ4n) is 1.70.